The minimum atomic E-state index is -4.29. The maximum Gasteiger partial charge on any atom is 0.296 e. The molecule has 0 radical (unpaired) electrons. The van der Waals surface area contributed by atoms with E-state index >= 15 is 0 Å². The van der Waals surface area contributed by atoms with E-state index in [9.17, 15) is 8.42 Å². The highest BCUT2D eigenvalue weighted by molar-refractivity contribution is 7.86. The predicted molar refractivity (Wildman–Crippen MR) is 66.9 cm³/mol. The number of hydrogen-bond acceptors (Lipinski definition) is 4. The van der Waals surface area contributed by atoms with E-state index < -0.39 is 10.1 Å². The van der Waals surface area contributed by atoms with Crippen LogP contribution >= 0.6 is 0 Å². The van der Waals surface area contributed by atoms with Gasteiger partial charge in [0.15, 0.2) is 0 Å². The standard InChI is InChI=1S/C12H10N2O3S/c15-18(16,17)12-9-5-4-8-11(12)14-13-10-6-2-1-3-7-10/h1-9H,(H,15,16,17). The van der Waals surface area contributed by atoms with Gasteiger partial charge in [0.1, 0.15) is 10.6 Å². The summed E-state index contributed by atoms with van der Waals surface area (Å²) < 4.78 is 31.3. The Bertz CT molecular complexity index is 667. The fraction of sp³-hybridized carbons (Fsp3) is 0. The molecule has 0 amide bonds. The fourth-order valence-electron chi connectivity index (χ4n) is 1.36. The molecule has 0 aromatic heterocycles. The van der Waals surface area contributed by atoms with Crippen LogP contribution in [0.5, 0.6) is 0 Å². The summed E-state index contributed by atoms with van der Waals surface area (Å²) in [4.78, 5) is -0.260. The average molecular weight is 262 g/mol. The van der Waals surface area contributed by atoms with Crippen LogP contribution in [0.25, 0.3) is 0 Å². The first kappa shape index (κ1) is 12.4. The third-order valence-electron chi connectivity index (χ3n) is 2.17. The summed E-state index contributed by atoms with van der Waals surface area (Å²) in [5, 5.41) is 7.73. The molecular weight excluding hydrogens is 252 g/mol. The van der Waals surface area contributed by atoms with E-state index in [-0.39, 0.29) is 10.6 Å². The van der Waals surface area contributed by atoms with Crippen molar-refractivity contribution in [2.75, 3.05) is 0 Å². The van der Waals surface area contributed by atoms with E-state index in [2.05, 4.69) is 10.2 Å². The molecule has 0 fully saturated rings. The summed E-state index contributed by atoms with van der Waals surface area (Å²) in [7, 11) is -4.29. The summed E-state index contributed by atoms with van der Waals surface area (Å²) in [6.45, 7) is 0. The second-order valence-electron chi connectivity index (χ2n) is 3.48. The highest BCUT2D eigenvalue weighted by atomic mass is 32.2. The molecule has 2 aromatic rings. The SMILES string of the molecule is O=S(=O)(O)c1ccccc1N=Nc1ccccc1. The van der Waals surface area contributed by atoms with Crippen molar-refractivity contribution in [3.8, 4) is 0 Å². The molecule has 0 saturated heterocycles. The van der Waals surface area contributed by atoms with E-state index in [0.717, 1.165) is 0 Å². The van der Waals surface area contributed by atoms with Gasteiger partial charge in [0.2, 0.25) is 0 Å². The summed E-state index contributed by atoms with van der Waals surface area (Å²) in [5.74, 6) is 0. The second-order valence-corrected chi connectivity index (χ2v) is 4.87. The van der Waals surface area contributed by atoms with Crippen LogP contribution in [0.3, 0.4) is 0 Å². The minimum Gasteiger partial charge on any atom is -0.282 e. The van der Waals surface area contributed by atoms with Gasteiger partial charge in [-0.25, -0.2) is 0 Å². The Labute approximate surface area is 105 Å². The van der Waals surface area contributed by atoms with Gasteiger partial charge in [0.05, 0.1) is 5.69 Å². The number of hydrogen-bond donors (Lipinski definition) is 1. The molecule has 5 nitrogen and oxygen atoms in total. The van der Waals surface area contributed by atoms with Crippen LogP contribution < -0.4 is 0 Å². The maximum atomic E-state index is 11.1. The van der Waals surface area contributed by atoms with E-state index in [1.165, 1.54) is 18.2 Å². The lowest BCUT2D eigenvalue weighted by Gasteiger charge is -2.00. The Morgan fingerprint density at radius 2 is 1.44 bits per heavy atom. The zero-order valence-corrected chi connectivity index (χ0v) is 10.1. The van der Waals surface area contributed by atoms with Crippen LogP contribution in [0.1, 0.15) is 0 Å². The van der Waals surface area contributed by atoms with Crippen LogP contribution in [0.15, 0.2) is 69.7 Å². The molecular formula is C12H10N2O3S. The lowest BCUT2D eigenvalue weighted by Crippen LogP contribution is -1.97. The van der Waals surface area contributed by atoms with Crippen molar-refractivity contribution in [3.63, 3.8) is 0 Å². The molecule has 0 heterocycles. The van der Waals surface area contributed by atoms with Crippen molar-refractivity contribution in [1.82, 2.24) is 0 Å². The molecule has 0 atom stereocenters. The number of benzene rings is 2. The number of rotatable bonds is 3. The molecule has 18 heavy (non-hydrogen) atoms. The second kappa shape index (κ2) is 5.07. The summed E-state index contributed by atoms with van der Waals surface area (Å²) in [6.07, 6.45) is 0. The zero-order valence-electron chi connectivity index (χ0n) is 9.26. The topological polar surface area (TPSA) is 79.1 Å². The molecule has 92 valence electrons. The third kappa shape index (κ3) is 2.99. The fourth-order valence-corrected chi connectivity index (χ4v) is 1.99. The highest BCUT2D eigenvalue weighted by Gasteiger charge is 2.14. The van der Waals surface area contributed by atoms with E-state index in [0.29, 0.717) is 5.69 Å². The highest BCUT2D eigenvalue weighted by Crippen LogP contribution is 2.25. The normalized spacial score (nSPS) is 11.8. The molecule has 0 saturated carbocycles. The summed E-state index contributed by atoms with van der Waals surface area (Å²) in [5.41, 5.74) is 0.700. The lowest BCUT2D eigenvalue weighted by atomic mass is 10.3. The molecule has 2 aromatic carbocycles. The monoisotopic (exact) mass is 262 g/mol. The molecule has 0 bridgehead atoms. The van der Waals surface area contributed by atoms with Gasteiger partial charge in [0.25, 0.3) is 10.1 Å². The van der Waals surface area contributed by atoms with Crippen molar-refractivity contribution in [2.45, 2.75) is 4.90 Å². The van der Waals surface area contributed by atoms with Gasteiger partial charge in [-0.3, -0.25) is 4.55 Å². The van der Waals surface area contributed by atoms with Crippen LogP contribution in [0, 0.1) is 0 Å². The molecule has 0 aliphatic rings. The lowest BCUT2D eigenvalue weighted by molar-refractivity contribution is 0.483. The van der Waals surface area contributed by atoms with E-state index in [1.807, 2.05) is 6.07 Å². The number of azo groups is 1. The van der Waals surface area contributed by atoms with Crippen LogP contribution in [-0.4, -0.2) is 13.0 Å². The predicted octanol–water partition coefficient (Wildman–Crippen LogP) is 3.35. The van der Waals surface area contributed by atoms with Gasteiger partial charge in [-0.05, 0) is 24.3 Å². The first-order valence-corrected chi connectivity index (χ1v) is 6.55. The van der Waals surface area contributed by atoms with E-state index in [4.69, 9.17) is 4.55 Å². The number of nitrogens with zero attached hydrogens (tertiary/aromatic N) is 2. The molecule has 0 unspecified atom stereocenters. The van der Waals surface area contributed by atoms with Gasteiger partial charge in [-0.1, -0.05) is 30.3 Å². The third-order valence-corrected chi connectivity index (χ3v) is 3.07. The molecule has 0 aliphatic carbocycles. The van der Waals surface area contributed by atoms with Crippen molar-refractivity contribution in [1.29, 1.82) is 0 Å². The zero-order chi connectivity index (χ0) is 13.0. The summed E-state index contributed by atoms with van der Waals surface area (Å²) in [6, 6.07) is 14.8. The Morgan fingerprint density at radius 1 is 0.833 bits per heavy atom. The maximum absolute atomic E-state index is 11.1. The molecule has 0 spiro atoms. The Balaban J connectivity index is 2.39. The molecule has 2 rings (SSSR count). The molecule has 0 aliphatic heterocycles. The van der Waals surface area contributed by atoms with Gasteiger partial charge in [-0.15, -0.1) is 5.11 Å². The van der Waals surface area contributed by atoms with Gasteiger partial charge in [-0.2, -0.15) is 13.5 Å². The van der Waals surface area contributed by atoms with Crippen LogP contribution in [0.2, 0.25) is 0 Å². The van der Waals surface area contributed by atoms with Gasteiger partial charge >= 0.3 is 0 Å². The Hall–Kier alpha value is -2.05. The van der Waals surface area contributed by atoms with Crippen molar-refractivity contribution < 1.29 is 13.0 Å². The Morgan fingerprint density at radius 3 is 2.11 bits per heavy atom. The average Bonchev–Trinajstić information content (AvgIpc) is 2.37. The van der Waals surface area contributed by atoms with Crippen molar-refractivity contribution in [2.24, 2.45) is 10.2 Å². The Kier molecular flexibility index (Phi) is 3.50. The first-order chi connectivity index (χ1) is 8.57. The van der Waals surface area contributed by atoms with Crippen LogP contribution in [-0.2, 0) is 10.1 Å². The smallest absolute Gasteiger partial charge is 0.282 e. The van der Waals surface area contributed by atoms with Gasteiger partial charge in [0, 0.05) is 0 Å². The van der Waals surface area contributed by atoms with Gasteiger partial charge < -0.3 is 0 Å². The first-order valence-electron chi connectivity index (χ1n) is 5.11. The van der Waals surface area contributed by atoms with Crippen molar-refractivity contribution in [3.05, 3.63) is 54.6 Å². The molecule has 6 heteroatoms. The summed E-state index contributed by atoms with van der Waals surface area (Å²) >= 11 is 0. The minimum absolute atomic E-state index is 0.101. The van der Waals surface area contributed by atoms with E-state index in [1.54, 1.807) is 30.3 Å². The molecule has 1 N–H and O–H groups in total. The largest absolute Gasteiger partial charge is 0.296 e. The van der Waals surface area contributed by atoms with Crippen molar-refractivity contribution >= 4 is 21.5 Å². The quantitative estimate of drug-likeness (QED) is 0.680. The van der Waals surface area contributed by atoms with Crippen LogP contribution in [0.4, 0.5) is 11.4 Å².